The van der Waals surface area contributed by atoms with Gasteiger partial charge in [0.1, 0.15) is 17.3 Å². The number of hydrogen-bond donors (Lipinski definition) is 2. The Labute approximate surface area is 234 Å². The second-order valence-corrected chi connectivity index (χ2v) is 11.1. The van der Waals surface area contributed by atoms with Gasteiger partial charge in [-0.1, -0.05) is 58.4 Å². The lowest BCUT2D eigenvalue weighted by Crippen LogP contribution is -2.36. The first kappa shape index (κ1) is 25.5. The van der Waals surface area contributed by atoms with Gasteiger partial charge in [-0.05, 0) is 73.2 Å². The largest absolute Gasteiger partial charge is 0.457 e. The Bertz CT molecular complexity index is 1580. The molecule has 1 aromatic heterocycles. The van der Waals surface area contributed by atoms with Crippen LogP contribution >= 0.6 is 15.9 Å². The number of aliphatic hydroxyl groups is 1. The second kappa shape index (κ2) is 10.4. The zero-order valence-corrected chi connectivity index (χ0v) is 22.9. The Kier molecular flexibility index (Phi) is 6.83. The van der Waals surface area contributed by atoms with E-state index < -0.39 is 12.0 Å². The van der Waals surface area contributed by atoms with Crippen LogP contribution < -0.4 is 10.3 Å². The zero-order chi connectivity index (χ0) is 27.0. The van der Waals surface area contributed by atoms with Crippen molar-refractivity contribution < 1.29 is 14.6 Å². The molecule has 1 aliphatic heterocycles. The minimum absolute atomic E-state index is 0.120. The number of aryl methyl sites for hydroxylation is 1. The molecule has 4 aromatic rings. The number of rotatable bonds is 6. The summed E-state index contributed by atoms with van der Waals surface area (Å²) in [5.74, 6) is 1.75. The number of carbonyl (C=O) groups is 1. The molecule has 198 valence electrons. The highest BCUT2D eigenvalue weighted by Gasteiger charge is 2.49. The molecule has 3 aromatic carbocycles. The molecule has 1 saturated carbocycles. The maximum atomic E-state index is 13.4. The van der Waals surface area contributed by atoms with Crippen LogP contribution in [0.2, 0.25) is 0 Å². The van der Waals surface area contributed by atoms with Crippen molar-refractivity contribution in [1.29, 1.82) is 0 Å². The molecule has 1 atom stereocenters. The number of hydrogen-bond acceptors (Lipinski definition) is 5. The molecule has 0 radical (unpaired) electrons. The lowest BCUT2D eigenvalue weighted by molar-refractivity contribution is -0.141. The molecule has 2 N–H and O–H groups in total. The van der Waals surface area contributed by atoms with E-state index in [9.17, 15) is 14.7 Å². The van der Waals surface area contributed by atoms with E-state index >= 15 is 0 Å². The van der Waals surface area contributed by atoms with Gasteiger partial charge in [0, 0.05) is 11.0 Å². The average Bonchev–Trinajstić information content (AvgIpc) is 3.78. The van der Waals surface area contributed by atoms with Crippen LogP contribution in [0, 0.1) is 0 Å². The number of nitrogens with one attached hydrogen (secondary N) is 1. The predicted molar refractivity (Wildman–Crippen MR) is 151 cm³/mol. The van der Waals surface area contributed by atoms with Crippen molar-refractivity contribution in [2.45, 2.75) is 43.7 Å². The number of aliphatic hydroxyl groups excluding tert-OH is 1. The summed E-state index contributed by atoms with van der Waals surface area (Å²) < 4.78 is 6.83. The summed E-state index contributed by atoms with van der Waals surface area (Å²) in [6.07, 6.45) is 1.72. The van der Waals surface area contributed by atoms with Crippen molar-refractivity contribution in [2.75, 3.05) is 6.54 Å². The summed E-state index contributed by atoms with van der Waals surface area (Å²) in [5, 5.41) is 10.8. The fourth-order valence-electron chi connectivity index (χ4n) is 5.30. The van der Waals surface area contributed by atoms with Gasteiger partial charge in [0.15, 0.2) is 6.10 Å². The third kappa shape index (κ3) is 5.14. The molecule has 39 heavy (non-hydrogen) atoms. The summed E-state index contributed by atoms with van der Waals surface area (Å²) in [6, 6.07) is 24.7. The topological polar surface area (TPSA) is 95.5 Å². The number of carbonyl (C=O) groups excluding carboxylic acids is 1. The van der Waals surface area contributed by atoms with Gasteiger partial charge in [-0.2, -0.15) is 0 Å². The quantitative estimate of drug-likeness (QED) is 0.315. The molecule has 8 heteroatoms. The summed E-state index contributed by atoms with van der Waals surface area (Å²) in [6.45, 7) is 0.564. The highest BCUT2D eigenvalue weighted by molar-refractivity contribution is 9.10. The van der Waals surface area contributed by atoms with Crippen LogP contribution in [-0.2, 0) is 23.2 Å². The van der Waals surface area contributed by atoms with Crippen LogP contribution in [0.5, 0.6) is 11.5 Å². The van der Waals surface area contributed by atoms with E-state index in [1.165, 1.54) is 0 Å². The van der Waals surface area contributed by atoms with Crippen molar-refractivity contribution in [1.82, 2.24) is 14.9 Å². The first-order chi connectivity index (χ1) is 18.9. The molecule has 0 saturated heterocycles. The Morgan fingerprint density at radius 2 is 1.79 bits per heavy atom. The smallest absolute Gasteiger partial charge is 0.256 e. The van der Waals surface area contributed by atoms with E-state index in [1.54, 1.807) is 23.1 Å². The number of amides is 1. The highest BCUT2D eigenvalue weighted by Crippen LogP contribution is 2.52. The molecule has 2 aliphatic rings. The fraction of sp³-hybridized carbons (Fsp3) is 0.258. The highest BCUT2D eigenvalue weighted by atomic mass is 79.9. The fourth-order valence-corrected chi connectivity index (χ4v) is 5.71. The minimum atomic E-state index is -1.30. The monoisotopic (exact) mass is 585 g/mol. The van der Waals surface area contributed by atoms with Gasteiger partial charge in [0.2, 0.25) is 0 Å². The molecule has 7 nitrogen and oxygen atoms in total. The number of benzene rings is 3. The van der Waals surface area contributed by atoms with Crippen molar-refractivity contribution >= 4 is 21.8 Å². The third-order valence-corrected chi connectivity index (χ3v) is 8.06. The van der Waals surface area contributed by atoms with Gasteiger partial charge < -0.3 is 19.7 Å². The number of halogens is 1. The standard InChI is InChI=1S/C31H28BrN3O4/c32-22-9-4-7-20(17-22)27(36)29(38)35-16-6-13-26-25(19-35)28(37)34-30(33-26)31(14-15-31)21-8-5-12-24(18-21)39-23-10-2-1-3-11-23/h1-5,7-12,17-18,27,36H,6,13-16,19H2,(H,33,34,37)/t27-/m1/s1. The molecule has 0 unspecified atom stereocenters. The first-order valence-electron chi connectivity index (χ1n) is 13.1. The Morgan fingerprint density at radius 3 is 2.56 bits per heavy atom. The average molecular weight is 586 g/mol. The lowest BCUT2D eigenvalue weighted by Gasteiger charge is -2.24. The van der Waals surface area contributed by atoms with Gasteiger partial charge in [0.25, 0.3) is 11.5 Å². The number of aromatic amines is 1. The summed E-state index contributed by atoms with van der Waals surface area (Å²) in [4.78, 5) is 36.1. The molecule has 0 bridgehead atoms. The van der Waals surface area contributed by atoms with Crippen LogP contribution in [0.3, 0.4) is 0 Å². The van der Waals surface area contributed by atoms with Gasteiger partial charge in [0.05, 0.1) is 23.2 Å². The van der Waals surface area contributed by atoms with Crippen molar-refractivity contribution in [2.24, 2.45) is 0 Å². The SMILES string of the molecule is O=C([C@H](O)c1cccc(Br)c1)N1CCCc2nc(C3(c4cccc(Oc5ccccc5)c4)CC3)[nH]c(=O)c2C1. The Balaban J connectivity index is 1.26. The van der Waals surface area contributed by atoms with Crippen LogP contribution in [0.15, 0.2) is 88.1 Å². The van der Waals surface area contributed by atoms with Gasteiger partial charge >= 0.3 is 0 Å². The van der Waals surface area contributed by atoms with Crippen LogP contribution in [0.4, 0.5) is 0 Å². The van der Waals surface area contributed by atoms with Crippen LogP contribution in [0.1, 0.15) is 53.6 Å². The van der Waals surface area contributed by atoms with Crippen molar-refractivity contribution in [3.05, 3.63) is 122 Å². The summed E-state index contributed by atoms with van der Waals surface area (Å²) >= 11 is 3.39. The number of H-pyrrole nitrogens is 1. The van der Waals surface area contributed by atoms with Crippen LogP contribution in [-0.4, -0.2) is 32.4 Å². The molecule has 1 amide bonds. The van der Waals surface area contributed by atoms with Gasteiger partial charge in [-0.3, -0.25) is 9.59 Å². The third-order valence-electron chi connectivity index (χ3n) is 7.57. The van der Waals surface area contributed by atoms with Crippen molar-refractivity contribution in [3.8, 4) is 11.5 Å². The summed E-state index contributed by atoms with van der Waals surface area (Å²) in [7, 11) is 0. The molecule has 1 fully saturated rings. The van der Waals surface area contributed by atoms with Crippen LogP contribution in [0.25, 0.3) is 0 Å². The Morgan fingerprint density at radius 1 is 1.03 bits per heavy atom. The van der Waals surface area contributed by atoms with E-state index in [1.807, 2.05) is 54.6 Å². The Hall–Kier alpha value is -3.75. The number of fused-ring (bicyclic) bond motifs is 1. The maximum Gasteiger partial charge on any atom is 0.256 e. The number of nitrogens with zero attached hydrogens (tertiary/aromatic N) is 2. The minimum Gasteiger partial charge on any atom is -0.457 e. The van der Waals surface area contributed by atoms with E-state index in [-0.39, 0.29) is 17.5 Å². The molecule has 0 spiro atoms. The van der Waals surface area contributed by atoms with E-state index in [0.717, 1.165) is 40.1 Å². The molecule has 1 aliphatic carbocycles. The predicted octanol–water partition coefficient (Wildman–Crippen LogP) is 5.41. The molecular weight excluding hydrogens is 558 g/mol. The molecule has 6 rings (SSSR count). The van der Waals surface area contributed by atoms with Gasteiger partial charge in [-0.15, -0.1) is 0 Å². The van der Waals surface area contributed by atoms with E-state index in [2.05, 4.69) is 27.0 Å². The van der Waals surface area contributed by atoms with E-state index in [4.69, 9.17) is 9.72 Å². The summed E-state index contributed by atoms with van der Waals surface area (Å²) in [5.41, 5.74) is 2.20. The van der Waals surface area contributed by atoms with E-state index in [0.29, 0.717) is 36.3 Å². The normalized spacial score (nSPS) is 16.6. The molecule has 2 heterocycles. The zero-order valence-electron chi connectivity index (χ0n) is 21.3. The number of aromatic nitrogens is 2. The first-order valence-corrected chi connectivity index (χ1v) is 13.9. The number of ether oxygens (including phenoxy) is 1. The van der Waals surface area contributed by atoms with Crippen molar-refractivity contribution in [3.63, 3.8) is 0 Å². The number of para-hydroxylation sites is 1. The maximum absolute atomic E-state index is 13.4. The lowest BCUT2D eigenvalue weighted by atomic mass is 9.94. The second-order valence-electron chi connectivity index (χ2n) is 10.2. The van der Waals surface area contributed by atoms with Gasteiger partial charge in [-0.25, -0.2) is 4.98 Å². The molecular formula is C31H28BrN3O4.